The summed E-state index contributed by atoms with van der Waals surface area (Å²) >= 11 is 0. The molecule has 0 radical (unpaired) electrons. The van der Waals surface area contributed by atoms with Gasteiger partial charge in [0.05, 0.1) is 0 Å². The Morgan fingerprint density at radius 2 is 1.81 bits per heavy atom. The molecular formula is C17H28N2O2. The molecule has 4 N–H and O–H groups in total. The third-order valence-electron chi connectivity index (χ3n) is 3.66. The Morgan fingerprint density at radius 3 is 2.24 bits per heavy atom. The van der Waals surface area contributed by atoms with Crippen LogP contribution in [-0.4, -0.2) is 11.0 Å². The van der Waals surface area contributed by atoms with Gasteiger partial charge < -0.3 is 5.11 Å². The molecule has 1 rings (SSSR count). The summed E-state index contributed by atoms with van der Waals surface area (Å²) < 4.78 is 0. The molecule has 0 spiro atoms. The number of carbonyl (C=O) groups excluding carboxylic acids is 1. The van der Waals surface area contributed by atoms with Crippen molar-refractivity contribution in [1.29, 1.82) is 0 Å². The molecule has 0 aliphatic carbocycles. The predicted octanol–water partition coefficient (Wildman–Crippen LogP) is 3.27. The second-order valence-electron chi connectivity index (χ2n) is 7.48. The molecule has 4 heteroatoms. The second kappa shape index (κ2) is 6.06. The fourth-order valence-corrected chi connectivity index (χ4v) is 3.12. The van der Waals surface area contributed by atoms with Crippen LogP contribution >= 0.6 is 0 Å². The maximum Gasteiger partial charge on any atom is 0.265 e. The minimum atomic E-state index is -0.336. The first-order valence-corrected chi connectivity index (χ1v) is 7.39. The van der Waals surface area contributed by atoms with Gasteiger partial charge in [-0.15, -0.1) is 0 Å². The van der Waals surface area contributed by atoms with Crippen molar-refractivity contribution in [2.45, 2.75) is 59.8 Å². The smallest absolute Gasteiger partial charge is 0.265 e. The van der Waals surface area contributed by atoms with Gasteiger partial charge in [-0.25, -0.2) is 5.84 Å². The number of benzene rings is 1. The molecule has 0 heterocycles. The molecule has 0 aliphatic heterocycles. The molecule has 0 aromatic heterocycles. The minimum Gasteiger partial charge on any atom is -0.507 e. The van der Waals surface area contributed by atoms with E-state index >= 15 is 0 Å². The van der Waals surface area contributed by atoms with Gasteiger partial charge in [0.2, 0.25) is 0 Å². The van der Waals surface area contributed by atoms with Gasteiger partial charge in [-0.05, 0) is 41.4 Å². The van der Waals surface area contributed by atoms with E-state index in [0.29, 0.717) is 17.7 Å². The van der Waals surface area contributed by atoms with Crippen molar-refractivity contribution < 1.29 is 9.90 Å². The van der Waals surface area contributed by atoms with Gasteiger partial charge in [0.15, 0.2) is 0 Å². The Labute approximate surface area is 127 Å². The highest BCUT2D eigenvalue weighted by molar-refractivity contribution is 5.94. The third-order valence-corrected chi connectivity index (χ3v) is 3.66. The summed E-state index contributed by atoms with van der Waals surface area (Å²) in [6.45, 7) is 12.7. The van der Waals surface area contributed by atoms with Crippen LogP contribution in [0, 0.1) is 5.41 Å². The topological polar surface area (TPSA) is 75.4 Å². The number of hydrazine groups is 1. The molecule has 21 heavy (non-hydrogen) atoms. The Morgan fingerprint density at radius 1 is 1.24 bits per heavy atom. The molecule has 0 fully saturated rings. The molecule has 1 aromatic rings. The Kier molecular flexibility index (Phi) is 5.05. The Bertz CT molecular complexity index is 528. The molecule has 1 aromatic carbocycles. The summed E-state index contributed by atoms with van der Waals surface area (Å²) in [6.07, 6.45) is 1.56. The summed E-state index contributed by atoms with van der Waals surface area (Å²) in [5, 5.41) is 10.5. The van der Waals surface area contributed by atoms with Crippen LogP contribution in [0.1, 0.15) is 69.4 Å². The highest BCUT2D eigenvalue weighted by Crippen LogP contribution is 2.41. The lowest BCUT2D eigenvalue weighted by molar-refractivity contribution is 0.0953. The zero-order valence-corrected chi connectivity index (χ0v) is 14.0. The molecular weight excluding hydrogens is 264 g/mol. The maximum atomic E-state index is 11.8. The van der Waals surface area contributed by atoms with E-state index in [-0.39, 0.29) is 16.7 Å². The number of hydrogen-bond acceptors (Lipinski definition) is 3. The van der Waals surface area contributed by atoms with Gasteiger partial charge in [0.1, 0.15) is 5.75 Å². The van der Waals surface area contributed by atoms with Crippen molar-refractivity contribution in [1.82, 2.24) is 5.43 Å². The van der Waals surface area contributed by atoms with Crippen LogP contribution in [0.15, 0.2) is 12.1 Å². The normalized spacial score (nSPS) is 12.3. The number of amides is 1. The van der Waals surface area contributed by atoms with Gasteiger partial charge in [-0.3, -0.25) is 10.2 Å². The summed E-state index contributed by atoms with van der Waals surface area (Å²) in [4.78, 5) is 11.8. The van der Waals surface area contributed by atoms with Crippen molar-refractivity contribution in [3.8, 4) is 5.75 Å². The average Bonchev–Trinajstić information content (AvgIpc) is 2.35. The summed E-state index contributed by atoms with van der Waals surface area (Å²) in [5.41, 5.74) is 4.10. The predicted molar refractivity (Wildman–Crippen MR) is 86.2 cm³/mol. The number of nitrogens with one attached hydrogen (secondary N) is 1. The highest BCUT2D eigenvalue weighted by Gasteiger charge is 2.31. The van der Waals surface area contributed by atoms with Crippen LogP contribution in [0.3, 0.4) is 0 Å². The lowest BCUT2D eigenvalue weighted by Crippen LogP contribution is -2.31. The Balaban J connectivity index is 3.43. The van der Waals surface area contributed by atoms with Crippen molar-refractivity contribution in [3.63, 3.8) is 0 Å². The molecule has 0 atom stereocenters. The highest BCUT2D eigenvalue weighted by atomic mass is 16.3. The van der Waals surface area contributed by atoms with E-state index in [9.17, 15) is 9.90 Å². The third kappa shape index (κ3) is 4.21. The largest absolute Gasteiger partial charge is 0.507 e. The van der Waals surface area contributed by atoms with E-state index in [1.54, 1.807) is 12.1 Å². The van der Waals surface area contributed by atoms with Gasteiger partial charge in [-0.2, -0.15) is 0 Å². The van der Waals surface area contributed by atoms with Gasteiger partial charge in [0, 0.05) is 11.1 Å². The summed E-state index contributed by atoms with van der Waals surface area (Å²) in [6, 6.07) is 3.45. The first-order valence-electron chi connectivity index (χ1n) is 7.39. The zero-order chi connectivity index (χ0) is 16.4. The fourth-order valence-electron chi connectivity index (χ4n) is 3.12. The van der Waals surface area contributed by atoms with Crippen molar-refractivity contribution in [2.75, 3.05) is 0 Å². The van der Waals surface area contributed by atoms with Crippen LogP contribution in [-0.2, 0) is 11.8 Å². The SMILES string of the molecule is CCc1cc(C(=O)NN)cc(C(C)(C)CC(C)(C)C)c1O. The molecule has 0 unspecified atom stereocenters. The number of phenols is 1. The molecule has 4 nitrogen and oxygen atoms in total. The lowest BCUT2D eigenvalue weighted by atomic mass is 9.71. The first kappa shape index (κ1) is 17.5. The van der Waals surface area contributed by atoms with E-state index in [1.807, 2.05) is 6.92 Å². The minimum absolute atomic E-state index is 0.119. The van der Waals surface area contributed by atoms with Crippen molar-refractivity contribution in [2.24, 2.45) is 11.3 Å². The van der Waals surface area contributed by atoms with Crippen LogP contribution in [0.2, 0.25) is 0 Å². The number of aromatic hydroxyl groups is 1. The summed E-state index contributed by atoms with van der Waals surface area (Å²) in [5.74, 6) is 5.19. The number of nitrogens with two attached hydrogens (primary N) is 1. The molecule has 0 aliphatic rings. The quantitative estimate of drug-likeness (QED) is 0.453. The fraction of sp³-hybridized carbons (Fsp3) is 0.588. The van der Waals surface area contributed by atoms with Crippen molar-refractivity contribution in [3.05, 3.63) is 28.8 Å². The van der Waals surface area contributed by atoms with Crippen molar-refractivity contribution >= 4 is 5.91 Å². The standard InChI is InChI=1S/C17H28N2O2/c1-7-11-8-12(15(21)19-18)9-13(14(11)20)17(5,6)10-16(2,3)4/h8-9,20H,7,10,18H2,1-6H3,(H,19,21). The van der Waals surface area contributed by atoms with Gasteiger partial charge >= 0.3 is 0 Å². The van der Waals surface area contributed by atoms with Crippen LogP contribution in [0.25, 0.3) is 0 Å². The number of carbonyl (C=O) groups is 1. The monoisotopic (exact) mass is 292 g/mol. The average molecular weight is 292 g/mol. The molecule has 1 amide bonds. The number of phenolic OH excluding ortho intramolecular Hbond substituents is 1. The molecule has 0 saturated heterocycles. The first-order chi connectivity index (χ1) is 9.51. The molecule has 118 valence electrons. The number of nitrogen functional groups attached to an aromatic ring is 1. The van der Waals surface area contributed by atoms with Gasteiger partial charge in [0.25, 0.3) is 5.91 Å². The van der Waals surface area contributed by atoms with Gasteiger partial charge in [-0.1, -0.05) is 41.5 Å². The van der Waals surface area contributed by atoms with Crippen LogP contribution in [0.4, 0.5) is 0 Å². The maximum absolute atomic E-state index is 11.8. The second-order valence-corrected chi connectivity index (χ2v) is 7.48. The van der Waals surface area contributed by atoms with E-state index in [2.05, 4.69) is 40.0 Å². The number of rotatable bonds is 4. The van der Waals surface area contributed by atoms with E-state index in [0.717, 1.165) is 17.5 Å². The van der Waals surface area contributed by atoms with E-state index in [4.69, 9.17) is 5.84 Å². The van der Waals surface area contributed by atoms with E-state index in [1.165, 1.54) is 0 Å². The number of aryl methyl sites for hydroxylation is 1. The van der Waals surface area contributed by atoms with Crippen LogP contribution < -0.4 is 11.3 Å². The Hall–Kier alpha value is -1.55. The number of hydrogen-bond donors (Lipinski definition) is 3. The lowest BCUT2D eigenvalue weighted by Gasteiger charge is -2.34. The molecule has 0 saturated carbocycles. The van der Waals surface area contributed by atoms with Crippen LogP contribution in [0.5, 0.6) is 5.75 Å². The molecule has 0 bridgehead atoms. The zero-order valence-electron chi connectivity index (χ0n) is 14.0. The van der Waals surface area contributed by atoms with E-state index < -0.39 is 0 Å². The summed E-state index contributed by atoms with van der Waals surface area (Å²) in [7, 11) is 0.